The van der Waals surface area contributed by atoms with E-state index in [2.05, 4.69) is 4.98 Å². The van der Waals surface area contributed by atoms with E-state index >= 15 is 0 Å². The van der Waals surface area contributed by atoms with E-state index in [4.69, 9.17) is 0 Å². The van der Waals surface area contributed by atoms with Gasteiger partial charge < -0.3 is 10.0 Å². The molecule has 1 N–H and O–H groups in total. The molecule has 2 fully saturated rings. The summed E-state index contributed by atoms with van der Waals surface area (Å²) in [6, 6.07) is 2.67. The predicted molar refractivity (Wildman–Crippen MR) is 71.6 cm³/mol. The monoisotopic (exact) mass is 278 g/mol. The predicted octanol–water partition coefficient (Wildman–Crippen LogP) is 1.99. The molecule has 1 aliphatic carbocycles. The number of carbonyl (C=O) groups excluding carboxylic acids is 1. The smallest absolute Gasteiger partial charge is 0.255 e. The molecule has 1 aromatic rings. The molecule has 1 aliphatic heterocycles. The molecule has 2 unspecified atom stereocenters. The lowest BCUT2D eigenvalue weighted by atomic mass is 9.71. The van der Waals surface area contributed by atoms with Gasteiger partial charge in [-0.05, 0) is 31.4 Å². The van der Waals surface area contributed by atoms with Crippen molar-refractivity contribution >= 4 is 5.91 Å². The number of hydrogen-bond donors (Lipinski definition) is 1. The maximum Gasteiger partial charge on any atom is 0.255 e. The van der Waals surface area contributed by atoms with Crippen LogP contribution in [0.4, 0.5) is 4.39 Å². The zero-order valence-electron chi connectivity index (χ0n) is 11.4. The van der Waals surface area contributed by atoms with Crippen LogP contribution in [-0.2, 0) is 0 Å². The van der Waals surface area contributed by atoms with Gasteiger partial charge in [-0.1, -0.05) is 12.8 Å². The molecule has 2 atom stereocenters. The number of hydrogen-bond acceptors (Lipinski definition) is 3. The molecule has 1 amide bonds. The van der Waals surface area contributed by atoms with Gasteiger partial charge in [0.15, 0.2) is 0 Å². The third-order valence-electron chi connectivity index (χ3n) is 4.69. The first-order valence-corrected chi connectivity index (χ1v) is 7.22. The van der Waals surface area contributed by atoms with Crippen LogP contribution >= 0.6 is 0 Å². The van der Waals surface area contributed by atoms with Crippen molar-refractivity contribution < 1.29 is 14.3 Å². The minimum absolute atomic E-state index is 0.120. The molecule has 3 rings (SSSR count). The van der Waals surface area contributed by atoms with Crippen molar-refractivity contribution in [3.63, 3.8) is 0 Å². The number of aliphatic hydroxyl groups is 1. The Balaban J connectivity index is 1.72. The highest BCUT2D eigenvalue weighted by atomic mass is 19.1. The van der Waals surface area contributed by atoms with Gasteiger partial charge in [-0.25, -0.2) is 4.98 Å². The van der Waals surface area contributed by atoms with E-state index in [1.807, 2.05) is 0 Å². The van der Waals surface area contributed by atoms with Gasteiger partial charge in [0.2, 0.25) is 5.95 Å². The fraction of sp³-hybridized carbons (Fsp3) is 0.600. The summed E-state index contributed by atoms with van der Waals surface area (Å²) in [6.07, 6.45) is 5.92. The Morgan fingerprint density at radius 2 is 2.25 bits per heavy atom. The normalized spacial score (nSPS) is 29.9. The third-order valence-corrected chi connectivity index (χ3v) is 4.69. The first-order valence-electron chi connectivity index (χ1n) is 7.22. The molecule has 5 heteroatoms. The Kier molecular flexibility index (Phi) is 3.46. The van der Waals surface area contributed by atoms with E-state index in [9.17, 15) is 14.3 Å². The third kappa shape index (κ3) is 2.42. The highest BCUT2D eigenvalue weighted by molar-refractivity contribution is 5.94. The molecular weight excluding hydrogens is 259 g/mol. The number of halogens is 1. The maximum absolute atomic E-state index is 12.8. The van der Waals surface area contributed by atoms with Crippen LogP contribution in [0.1, 0.15) is 42.5 Å². The molecule has 0 aromatic carbocycles. The number of nitrogens with zero attached hydrogens (tertiary/aromatic N) is 2. The molecule has 1 saturated carbocycles. The van der Waals surface area contributed by atoms with Crippen LogP contribution in [0, 0.1) is 11.9 Å². The minimum atomic E-state index is -0.587. The van der Waals surface area contributed by atoms with Crippen molar-refractivity contribution in [3.05, 3.63) is 29.8 Å². The molecule has 0 radical (unpaired) electrons. The van der Waals surface area contributed by atoms with Crippen molar-refractivity contribution in [1.82, 2.24) is 9.88 Å². The molecule has 108 valence electrons. The van der Waals surface area contributed by atoms with E-state index < -0.39 is 11.5 Å². The number of carbonyl (C=O) groups is 1. The van der Waals surface area contributed by atoms with Crippen LogP contribution in [0.5, 0.6) is 0 Å². The Morgan fingerprint density at radius 3 is 3.00 bits per heavy atom. The largest absolute Gasteiger partial charge is 0.389 e. The average Bonchev–Trinajstić information content (AvgIpc) is 2.46. The maximum atomic E-state index is 12.8. The Morgan fingerprint density at radius 1 is 1.40 bits per heavy atom. The number of amides is 1. The van der Waals surface area contributed by atoms with Gasteiger partial charge in [-0.3, -0.25) is 4.79 Å². The number of piperidine rings is 1. The van der Waals surface area contributed by atoms with Gasteiger partial charge in [0, 0.05) is 25.2 Å². The van der Waals surface area contributed by atoms with E-state index in [1.165, 1.54) is 18.3 Å². The Labute approximate surface area is 117 Å². The van der Waals surface area contributed by atoms with Crippen LogP contribution in [0.2, 0.25) is 0 Å². The standard InChI is InChI=1S/C15H19FN2O2/c16-13-5-4-11(9-17-13)14(19)18-8-7-15(20)6-2-1-3-12(15)10-18/h4-5,9,12,20H,1-3,6-8,10H2. The van der Waals surface area contributed by atoms with Gasteiger partial charge in [0.1, 0.15) is 0 Å². The number of likely N-dealkylation sites (tertiary alicyclic amines) is 1. The number of rotatable bonds is 1. The highest BCUT2D eigenvalue weighted by Gasteiger charge is 2.43. The van der Waals surface area contributed by atoms with Crippen LogP contribution in [0.3, 0.4) is 0 Å². The van der Waals surface area contributed by atoms with Gasteiger partial charge in [-0.15, -0.1) is 0 Å². The Hall–Kier alpha value is -1.49. The summed E-state index contributed by atoms with van der Waals surface area (Å²) in [5.41, 5.74) is -0.177. The second kappa shape index (κ2) is 5.13. The zero-order chi connectivity index (χ0) is 14.2. The summed E-state index contributed by atoms with van der Waals surface area (Å²) in [5, 5.41) is 10.6. The second-order valence-corrected chi connectivity index (χ2v) is 5.92. The first-order chi connectivity index (χ1) is 9.58. The molecule has 2 aliphatic rings. The summed E-state index contributed by atoms with van der Waals surface area (Å²) in [6.45, 7) is 1.15. The van der Waals surface area contributed by atoms with Gasteiger partial charge in [0.05, 0.1) is 11.2 Å². The van der Waals surface area contributed by atoms with E-state index in [1.54, 1.807) is 4.90 Å². The van der Waals surface area contributed by atoms with E-state index in [0.717, 1.165) is 25.7 Å². The quantitative estimate of drug-likeness (QED) is 0.799. The Bertz CT molecular complexity index is 505. The van der Waals surface area contributed by atoms with Gasteiger partial charge >= 0.3 is 0 Å². The molecular formula is C15H19FN2O2. The number of aromatic nitrogens is 1. The van der Waals surface area contributed by atoms with Gasteiger partial charge in [-0.2, -0.15) is 4.39 Å². The highest BCUT2D eigenvalue weighted by Crippen LogP contribution is 2.39. The van der Waals surface area contributed by atoms with Crippen molar-refractivity contribution in [3.8, 4) is 0 Å². The topological polar surface area (TPSA) is 53.4 Å². The van der Waals surface area contributed by atoms with Crippen molar-refractivity contribution in [1.29, 1.82) is 0 Å². The van der Waals surface area contributed by atoms with E-state index in [0.29, 0.717) is 25.1 Å². The molecule has 1 saturated heterocycles. The summed E-state index contributed by atoms with van der Waals surface area (Å²) in [5.74, 6) is -0.533. The average molecular weight is 278 g/mol. The molecule has 2 heterocycles. The van der Waals surface area contributed by atoms with Crippen molar-refractivity contribution in [2.24, 2.45) is 5.92 Å². The van der Waals surface area contributed by atoms with Crippen LogP contribution in [0.25, 0.3) is 0 Å². The van der Waals surface area contributed by atoms with Gasteiger partial charge in [0.25, 0.3) is 5.91 Å². The summed E-state index contributed by atoms with van der Waals surface area (Å²) < 4.78 is 12.8. The minimum Gasteiger partial charge on any atom is -0.389 e. The fourth-order valence-corrected chi connectivity index (χ4v) is 3.44. The number of pyridine rings is 1. The summed E-state index contributed by atoms with van der Waals surface area (Å²) in [4.78, 5) is 17.7. The number of fused-ring (bicyclic) bond motifs is 1. The van der Waals surface area contributed by atoms with E-state index in [-0.39, 0.29) is 11.8 Å². The lowest BCUT2D eigenvalue weighted by Gasteiger charge is -2.47. The zero-order valence-corrected chi connectivity index (χ0v) is 11.4. The molecule has 0 spiro atoms. The molecule has 20 heavy (non-hydrogen) atoms. The van der Waals surface area contributed by atoms with Crippen molar-refractivity contribution in [2.45, 2.75) is 37.7 Å². The lowest BCUT2D eigenvalue weighted by molar-refractivity contribution is -0.0886. The summed E-state index contributed by atoms with van der Waals surface area (Å²) >= 11 is 0. The second-order valence-electron chi connectivity index (χ2n) is 5.92. The molecule has 4 nitrogen and oxygen atoms in total. The van der Waals surface area contributed by atoms with Crippen LogP contribution in [-0.4, -0.2) is 39.6 Å². The van der Waals surface area contributed by atoms with Crippen molar-refractivity contribution in [2.75, 3.05) is 13.1 Å². The SMILES string of the molecule is O=C(c1ccc(F)nc1)N1CCC2(O)CCCCC2C1. The lowest BCUT2D eigenvalue weighted by Crippen LogP contribution is -2.54. The summed E-state index contributed by atoms with van der Waals surface area (Å²) in [7, 11) is 0. The first kappa shape index (κ1) is 13.5. The van der Waals surface area contributed by atoms with Crippen LogP contribution < -0.4 is 0 Å². The molecule has 0 bridgehead atoms. The van der Waals surface area contributed by atoms with Crippen LogP contribution in [0.15, 0.2) is 18.3 Å². The fourth-order valence-electron chi connectivity index (χ4n) is 3.44. The molecule has 1 aromatic heterocycles.